The van der Waals surface area contributed by atoms with Crippen molar-refractivity contribution in [2.24, 2.45) is 0 Å². The number of oxazole rings is 1. The van der Waals surface area contributed by atoms with Gasteiger partial charge in [0.05, 0.1) is 17.7 Å². The highest BCUT2D eigenvalue weighted by molar-refractivity contribution is 5.07. The lowest BCUT2D eigenvalue weighted by atomic mass is 9.89. The molecule has 0 aromatic carbocycles. The van der Waals surface area contributed by atoms with Crippen molar-refractivity contribution in [2.45, 2.75) is 38.7 Å². The van der Waals surface area contributed by atoms with E-state index in [-0.39, 0.29) is 5.60 Å². The Labute approximate surface area is 96.4 Å². The molecule has 1 fully saturated rings. The molecule has 1 N–H and O–H groups in total. The highest BCUT2D eigenvalue weighted by Crippen LogP contribution is 2.27. The molecule has 0 aliphatic carbocycles. The van der Waals surface area contributed by atoms with Crippen LogP contribution in [0.2, 0.25) is 0 Å². The summed E-state index contributed by atoms with van der Waals surface area (Å²) < 4.78 is 11.3. The molecule has 90 valence electrons. The van der Waals surface area contributed by atoms with Gasteiger partial charge in [-0.1, -0.05) is 0 Å². The van der Waals surface area contributed by atoms with Gasteiger partial charge in [0.15, 0.2) is 5.89 Å². The zero-order valence-electron chi connectivity index (χ0n) is 10.3. The Balaban J connectivity index is 2.11. The van der Waals surface area contributed by atoms with Crippen molar-refractivity contribution in [3.8, 4) is 0 Å². The quantitative estimate of drug-likeness (QED) is 0.847. The van der Waals surface area contributed by atoms with Gasteiger partial charge < -0.3 is 14.5 Å². The Morgan fingerprint density at radius 2 is 2.06 bits per heavy atom. The molecule has 0 spiro atoms. The Morgan fingerprint density at radius 1 is 1.38 bits per heavy atom. The van der Waals surface area contributed by atoms with E-state index in [1.165, 1.54) is 0 Å². The van der Waals surface area contributed by atoms with Crippen LogP contribution in [0.3, 0.4) is 0 Å². The van der Waals surface area contributed by atoms with E-state index in [2.05, 4.69) is 10.3 Å². The first kappa shape index (κ1) is 11.6. The van der Waals surface area contributed by atoms with Crippen molar-refractivity contribution in [1.82, 2.24) is 10.3 Å². The van der Waals surface area contributed by atoms with Crippen LogP contribution in [0.1, 0.15) is 30.2 Å². The van der Waals surface area contributed by atoms with Crippen LogP contribution in [-0.4, -0.2) is 30.8 Å². The van der Waals surface area contributed by atoms with Crippen LogP contribution in [0, 0.1) is 13.8 Å². The van der Waals surface area contributed by atoms with Gasteiger partial charge in [0.2, 0.25) is 0 Å². The second kappa shape index (κ2) is 4.55. The van der Waals surface area contributed by atoms with E-state index in [4.69, 9.17) is 9.15 Å². The normalized spacial score (nSPS) is 19.9. The van der Waals surface area contributed by atoms with Gasteiger partial charge in [-0.05, 0) is 39.8 Å². The molecule has 1 saturated heterocycles. The van der Waals surface area contributed by atoms with Crippen molar-refractivity contribution in [3.05, 3.63) is 17.3 Å². The Kier molecular flexibility index (Phi) is 3.30. The first-order valence-electron chi connectivity index (χ1n) is 5.84. The molecule has 1 aliphatic heterocycles. The van der Waals surface area contributed by atoms with Crippen LogP contribution in [-0.2, 0) is 11.2 Å². The van der Waals surface area contributed by atoms with Gasteiger partial charge in [-0.25, -0.2) is 4.98 Å². The lowest BCUT2D eigenvalue weighted by Gasteiger charge is -2.35. The second-order valence-corrected chi connectivity index (χ2v) is 4.56. The third-order valence-electron chi connectivity index (χ3n) is 3.49. The summed E-state index contributed by atoms with van der Waals surface area (Å²) >= 11 is 0. The summed E-state index contributed by atoms with van der Waals surface area (Å²) in [6.45, 7) is 5.94. The van der Waals surface area contributed by atoms with E-state index >= 15 is 0 Å². The third kappa shape index (κ3) is 2.28. The number of nitrogens with zero attached hydrogens (tertiary/aromatic N) is 1. The van der Waals surface area contributed by atoms with E-state index in [0.717, 1.165) is 49.7 Å². The molecule has 1 aliphatic rings. The number of ether oxygens (including phenoxy) is 1. The smallest absolute Gasteiger partial charge is 0.197 e. The number of aryl methyl sites for hydroxylation is 2. The van der Waals surface area contributed by atoms with Crippen LogP contribution in [0.25, 0.3) is 0 Å². The van der Waals surface area contributed by atoms with E-state index < -0.39 is 0 Å². The van der Waals surface area contributed by atoms with Crippen LogP contribution in [0.5, 0.6) is 0 Å². The summed E-state index contributed by atoms with van der Waals surface area (Å²) in [6.07, 6.45) is 2.81. The molecule has 2 heterocycles. The SMILES string of the molecule is COC1(Cc2nc(C)c(C)o2)CCNCC1. The van der Waals surface area contributed by atoms with Crippen molar-refractivity contribution in [2.75, 3.05) is 20.2 Å². The average Bonchev–Trinajstić information content (AvgIpc) is 2.59. The van der Waals surface area contributed by atoms with E-state index in [1.54, 1.807) is 7.11 Å². The number of piperidine rings is 1. The van der Waals surface area contributed by atoms with Gasteiger partial charge in [-0.3, -0.25) is 0 Å². The van der Waals surface area contributed by atoms with Gasteiger partial charge in [0, 0.05) is 7.11 Å². The molecule has 0 amide bonds. The van der Waals surface area contributed by atoms with E-state index in [1.807, 2.05) is 13.8 Å². The molecule has 2 rings (SSSR count). The predicted molar refractivity (Wildman–Crippen MR) is 61.5 cm³/mol. The lowest BCUT2D eigenvalue weighted by molar-refractivity contribution is -0.0376. The van der Waals surface area contributed by atoms with Gasteiger partial charge in [-0.2, -0.15) is 0 Å². The summed E-state index contributed by atoms with van der Waals surface area (Å²) in [6, 6.07) is 0. The number of aromatic nitrogens is 1. The molecular formula is C12H20N2O2. The molecule has 0 radical (unpaired) electrons. The Morgan fingerprint density at radius 3 is 2.56 bits per heavy atom. The van der Waals surface area contributed by atoms with Crippen LogP contribution >= 0.6 is 0 Å². The maximum Gasteiger partial charge on any atom is 0.197 e. The summed E-state index contributed by atoms with van der Waals surface area (Å²) in [5, 5.41) is 3.35. The molecule has 0 bridgehead atoms. The molecule has 0 atom stereocenters. The fourth-order valence-electron chi connectivity index (χ4n) is 2.23. The highest BCUT2D eigenvalue weighted by atomic mass is 16.5. The summed E-state index contributed by atoms with van der Waals surface area (Å²) in [5.74, 6) is 1.72. The van der Waals surface area contributed by atoms with Crippen LogP contribution < -0.4 is 5.32 Å². The van der Waals surface area contributed by atoms with Gasteiger partial charge in [0.1, 0.15) is 5.76 Å². The molecule has 16 heavy (non-hydrogen) atoms. The standard InChI is InChI=1S/C12H20N2O2/c1-9-10(2)16-11(14-9)8-12(15-3)4-6-13-7-5-12/h13H,4-8H2,1-3H3. The zero-order chi connectivity index (χ0) is 11.6. The minimum absolute atomic E-state index is 0.0883. The largest absolute Gasteiger partial charge is 0.446 e. The third-order valence-corrected chi connectivity index (χ3v) is 3.49. The van der Waals surface area contributed by atoms with Crippen LogP contribution in [0.4, 0.5) is 0 Å². The fraction of sp³-hybridized carbons (Fsp3) is 0.750. The summed E-state index contributed by atoms with van der Waals surface area (Å²) in [5.41, 5.74) is 0.893. The topological polar surface area (TPSA) is 47.3 Å². The number of hydrogen-bond acceptors (Lipinski definition) is 4. The zero-order valence-corrected chi connectivity index (χ0v) is 10.3. The van der Waals surface area contributed by atoms with Gasteiger partial charge in [0.25, 0.3) is 0 Å². The first-order chi connectivity index (χ1) is 7.65. The van der Waals surface area contributed by atoms with Crippen molar-refractivity contribution < 1.29 is 9.15 Å². The molecule has 1 aromatic heterocycles. The molecule has 1 aromatic rings. The predicted octanol–water partition coefficient (Wildman–Crippen LogP) is 1.60. The van der Waals surface area contributed by atoms with Crippen molar-refractivity contribution in [3.63, 3.8) is 0 Å². The van der Waals surface area contributed by atoms with Crippen molar-refractivity contribution >= 4 is 0 Å². The van der Waals surface area contributed by atoms with Gasteiger partial charge in [-0.15, -0.1) is 0 Å². The number of methoxy groups -OCH3 is 1. The lowest BCUT2D eigenvalue weighted by Crippen LogP contribution is -2.45. The molecule has 0 saturated carbocycles. The minimum atomic E-state index is -0.0883. The first-order valence-corrected chi connectivity index (χ1v) is 5.84. The number of hydrogen-bond donors (Lipinski definition) is 1. The molecule has 4 heteroatoms. The number of rotatable bonds is 3. The molecule has 4 nitrogen and oxygen atoms in total. The van der Waals surface area contributed by atoms with Crippen LogP contribution in [0.15, 0.2) is 4.42 Å². The fourth-order valence-corrected chi connectivity index (χ4v) is 2.23. The van der Waals surface area contributed by atoms with Gasteiger partial charge >= 0.3 is 0 Å². The summed E-state index contributed by atoms with van der Waals surface area (Å²) in [7, 11) is 1.79. The van der Waals surface area contributed by atoms with Crippen molar-refractivity contribution in [1.29, 1.82) is 0 Å². The monoisotopic (exact) mass is 224 g/mol. The summed E-state index contributed by atoms with van der Waals surface area (Å²) in [4.78, 5) is 4.43. The second-order valence-electron chi connectivity index (χ2n) is 4.56. The average molecular weight is 224 g/mol. The molecular weight excluding hydrogens is 204 g/mol. The Bertz CT molecular complexity index is 334. The van der Waals surface area contributed by atoms with E-state index in [9.17, 15) is 0 Å². The highest BCUT2D eigenvalue weighted by Gasteiger charge is 2.33. The Hall–Kier alpha value is -0.870. The van der Waals surface area contributed by atoms with E-state index in [0.29, 0.717) is 0 Å². The minimum Gasteiger partial charge on any atom is -0.446 e. The number of nitrogens with one attached hydrogen (secondary N) is 1. The maximum atomic E-state index is 5.69. The molecule has 0 unspecified atom stereocenters. The maximum absolute atomic E-state index is 5.69.